The molecule has 1 atom stereocenters. The van der Waals surface area contributed by atoms with Crippen molar-refractivity contribution in [2.45, 2.75) is 58.4 Å². The zero-order valence-electron chi connectivity index (χ0n) is 19.3. The number of benzene rings is 1. The van der Waals surface area contributed by atoms with Crippen LogP contribution in [0, 0.1) is 18.8 Å². The second-order valence-electron chi connectivity index (χ2n) is 9.30. The van der Waals surface area contributed by atoms with Gasteiger partial charge in [0.05, 0.1) is 0 Å². The fourth-order valence-electron chi connectivity index (χ4n) is 5.27. The van der Waals surface area contributed by atoms with Gasteiger partial charge in [0.25, 0.3) is 0 Å². The summed E-state index contributed by atoms with van der Waals surface area (Å²) in [5.41, 5.74) is 1.29. The Morgan fingerprint density at radius 2 is 1.81 bits per heavy atom. The Labute approximate surface area is 191 Å². The lowest BCUT2D eigenvalue weighted by atomic mass is 9.81. The van der Waals surface area contributed by atoms with Gasteiger partial charge in [0.2, 0.25) is 11.8 Å². The molecule has 0 bridgehead atoms. The minimum Gasteiger partial charge on any atom is -0.343 e. The van der Waals surface area contributed by atoms with E-state index in [1.54, 1.807) is 6.20 Å². The van der Waals surface area contributed by atoms with E-state index in [2.05, 4.69) is 34.1 Å². The van der Waals surface area contributed by atoms with Crippen LogP contribution in [0.15, 0.2) is 42.7 Å². The predicted octanol–water partition coefficient (Wildman–Crippen LogP) is 3.69. The normalized spacial score (nSPS) is 20.4. The highest BCUT2D eigenvalue weighted by atomic mass is 16.2. The standard InChI is InChI=1S/C26H36N4O2/c1-21-27-14-20-28(21)19-13-25(31)29-17-11-23(12-18-29)24-9-5-6-15-30(26(24)32)16-10-22-7-3-2-4-8-22/h2-4,7-8,14,20,23-24H,5-6,9-13,15-19H2,1H3. The number of amides is 2. The third-order valence-corrected chi connectivity index (χ3v) is 7.29. The maximum Gasteiger partial charge on any atom is 0.225 e. The van der Waals surface area contributed by atoms with Gasteiger partial charge in [-0.1, -0.05) is 36.8 Å². The van der Waals surface area contributed by atoms with Crippen LogP contribution in [-0.4, -0.2) is 57.3 Å². The molecule has 0 aliphatic carbocycles. The number of nitrogens with zero attached hydrogens (tertiary/aromatic N) is 4. The van der Waals surface area contributed by atoms with Crippen LogP contribution in [0.25, 0.3) is 0 Å². The SMILES string of the molecule is Cc1nccn1CCC(=O)N1CCC(C2CCCCN(CCc3ccccc3)C2=O)CC1. The molecule has 32 heavy (non-hydrogen) atoms. The summed E-state index contributed by atoms with van der Waals surface area (Å²) in [4.78, 5) is 34.4. The van der Waals surface area contributed by atoms with Crippen molar-refractivity contribution in [3.05, 3.63) is 54.1 Å². The molecule has 0 saturated carbocycles. The molecule has 0 spiro atoms. The number of aryl methyl sites for hydroxylation is 2. The largest absolute Gasteiger partial charge is 0.343 e. The quantitative estimate of drug-likeness (QED) is 0.665. The Morgan fingerprint density at radius 1 is 1.03 bits per heavy atom. The highest BCUT2D eigenvalue weighted by Gasteiger charge is 2.35. The molecule has 1 aromatic heterocycles. The number of carbonyl (C=O) groups is 2. The molecule has 2 amide bonds. The van der Waals surface area contributed by atoms with E-state index in [4.69, 9.17) is 0 Å². The maximum atomic E-state index is 13.4. The van der Waals surface area contributed by atoms with Gasteiger partial charge in [0.15, 0.2) is 0 Å². The average molecular weight is 437 g/mol. The molecule has 2 aliphatic rings. The summed E-state index contributed by atoms with van der Waals surface area (Å²) in [6, 6.07) is 10.4. The minimum atomic E-state index is 0.124. The molecule has 0 N–H and O–H groups in total. The number of piperidine rings is 1. The second-order valence-corrected chi connectivity index (χ2v) is 9.30. The Bertz CT molecular complexity index is 886. The molecule has 2 saturated heterocycles. The van der Waals surface area contributed by atoms with Crippen LogP contribution in [-0.2, 0) is 22.6 Å². The molecule has 1 aromatic carbocycles. The molecule has 6 nitrogen and oxygen atoms in total. The van der Waals surface area contributed by atoms with Gasteiger partial charge in [-0.25, -0.2) is 4.98 Å². The smallest absolute Gasteiger partial charge is 0.225 e. The predicted molar refractivity (Wildman–Crippen MR) is 125 cm³/mol. The van der Waals surface area contributed by atoms with Crippen molar-refractivity contribution in [2.75, 3.05) is 26.2 Å². The number of rotatable bonds is 7. The molecule has 2 aliphatic heterocycles. The lowest BCUT2D eigenvalue weighted by molar-refractivity contribution is -0.138. The van der Waals surface area contributed by atoms with Gasteiger partial charge in [0, 0.05) is 57.5 Å². The van der Waals surface area contributed by atoms with Gasteiger partial charge in [-0.2, -0.15) is 0 Å². The van der Waals surface area contributed by atoms with Crippen molar-refractivity contribution in [3.8, 4) is 0 Å². The lowest BCUT2D eigenvalue weighted by Crippen LogP contribution is -2.44. The Kier molecular flexibility index (Phi) is 7.61. The van der Waals surface area contributed by atoms with Gasteiger partial charge in [-0.05, 0) is 50.5 Å². The Hall–Kier alpha value is -2.63. The molecule has 2 aromatic rings. The molecule has 0 radical (unpaired) electrons. The molecule has 172 valence electrons. The van der Waals surface area contributed by atoms with E-state index in [1.807, 2.05) is 28.7 Å². The van der Waals surface area contributed by atoms with Crippen molar-refractivity contribution in [1.82, 2.24) is 19.4 Å². The summed E-state index contributed by atoms with van der Waals surface area (Å²) in [5.74, 6) is 2.03. The van der Waals surface area contributed by atoms with Gasteiger partial charge in [0.1, 0.15) is 5.82 Å². The van der Waals surface area contributed by atoms with Crippen LogP contribution in [0.4, 0.5) is 0 Å². The van der Waals surface area contributed by atoms with Crippen LogP contribution in [0.5, 0.6) is 0 Å². The minimum absolute atomic E-state index is 0.124. The summed E-state index contributed by atoms with van der Waals surface area (Å²) < 4.78 is 2.03. The first-order valence-corrected chi connectivity index (χ1v) is 12.2. The molecule has 1 unspecified atom stereocenters. The van der Waals surface area contributed by atoms with E-state index in [1.165, 1.54) is 5.56 Å². The van der Waals surface area contributed by atoms with E-state index in [0.29, 0.717) is 24.8 Å². The molecule has 3 heterocycles. The Balaban J connectivity index is 1.27. The zero-order chi connectivity index (χ0) is 22.3. The van der Waals surface area contributed by atoms with E-state index >= 15 is 0 Å². The van der Waals surface area contributed by atoms with Crippen molar-refractivity contribution in [2.24, 2.45) is 11.8 Å². The van der Waals surface area contributed by atoms with E-state index in [0.717, 1.165) is 70.5 Å². The third-order valence-electron chi connectivity index (χ3n) is 7.29. The van der Waals surface area contributed by atoms with Crippen LogP contribution in [0.1, 0.15) is 49.9 Å². The number of imidazole rings is 1. The third kappa shape index (κ3) is 5.59. The molecular weight excluding hydrogens is 400 g/mol. The molecule has 2 fully saturated rings. The second kappa shape index (κ2) is 10.8. The lowest BCUT2D eigenvalue weighted by Gasteiger charge is -2.36. The average Bonchev–Trinajstić information content (AvgIpc) is 3.15. The highest BCUT2D eigenvalue weighted by molar-refractivity contribution is 5.79. The number of hydrogen-bond donors (Lipinski definition) is 0. The summed E-state index contributed by atoms with van der Waals surface area (Å²) in [7, 11) is 0. The first-order valence-electron chi connectivity index (χ1n) is 12.2. The van der Waals surface area contributed by atoms with Crippen LogP contribution in [0.3, 0.4) is 0 Å². The van der Waals surface area contributed by atoms with E-state index in [9.17, 15) is 9.59 Å². The summed E-state index contributed by atoms with van der Waals surface area (Å²) in [6.45, 7) is 5.89. The topological polar surface area (TPSA) is 58.4 Å². The van der Waals surface area contributed by atoms with Gasteiger partial charge < -0.3 is 14.4 Å². The summed E-state index contributed by atoms with van der Waals surface area (Å²) in [5, 5.41) is 0. The van der Waals surface area contributed by atoms with Crippen LogP contribution < -0.4 is 0 Å². The van der Waals surface area contributed by atoms with Gasteiger partial charge >= 0.3 is 0 Å². The highest BCUT2D eigenvalue weighted by Crippen LogP contribution is 2.32. The monoisotopic (exact) mass is 436 g/mol. The fourth-order valence-corrected chi connectivity index (χ4v) is 5.27. The van der Waals surface area contributed by atoms with Crippen LogP contribution >= 0.6 is 0 Å². The summed E-state index contributed by atoms with van der Waals surface area (Å²) >= 11 is 0. The maximum absolute atomic E-state index is 13.4. The molecule has 4 rings (SSSR count). The van der Waals surface area contributed by atoms with Crippen molar-refractivity contribution in [3.63, 3.8) is 0 Å². The molecular formula is C26H36N4O2. The van der Waals surface area contributed by atoms with Crippen molar-refractivity contribution in [1.29, 1.82) is 0 Å². The van der Waals surface area contributed by atoms with Gasteiger partial charge in [-0.3, -0.25) is 9.59 Å². The zero-order valence-corrected chi connectivity index (χ0v) is 19.3. The summed E-state index contributed by atoms with van der Waals surface area (Å²) in [6.07, 6.45) is 10.2. The number of likely N-dealkylation sites (tertiary alicyclic amines) is 2. The first kappa shape index (κ1) is 22.6. The first-order chi connectivity index (χ1) is 15.6. The van der Waals surface area contributed by atoms with Crippen molar-refractivity contribution >= 4 is 11.8 Å². The fraction of sp³-hybridized carbons (Fsp3) is 0.577. The van der Waals surface area contributed by atoms with E-state index < -0.39 is 0 Å². The number of aromatic nitrogens is 2. The number of carbonyl (C=O) groups excluding carboxylic acids is 2. The Morgan fingerprint density at radius 3 is 2.53 bits per heavy atom. The molecule has 6 heteroatoms. The van der Waals surface area contributed by atoms with Crippen LogP contribution in [0.2, 0.25) is 0 Å². The van der Waals surface area contributed by atoms with E-state index in [-0.39, 0.29) is 11.8 Å². The van der Waals surface area contributed by atoms with Crippen molar-refractivity contribution < 1.29 is 9.59 Å². The number of hydrogen-bond acceptors (Lipinski definition) is 3. The van der Waals surface area contributed by atoms with Gasteiger partial charge in [-0.15, -0.1) is 0 Å².